The minimum Gasteiger partial charge on any atom is -0.480 e. The van der Waals surface area contributed by atoms with E-state index in [1.54, 1.807) is 0 Å². The van der Waals surface area contributed by atoms with Gasteiger partial charge in [0.25, 0.3) is 0 Å². The number of aliphatic carboxylic acids is 1. The van der Waals surface area contributed by atoms with Crippen LogP contribution in [0.1, 0.15) is 0 Å². The molecule has 0 saturated heterocycles. The van der Waals surface area contributed by atoms with Crippen LogP contribution in [0.25, 0.3) is 0 Å². The highest BCUT2D eigenvalue weighted by Crippen LogP contribution is 2.18. The molecule has 0 aromatic carbocycles. The zero-order valence-corrected chi connectivity index (χ0v) is 8.31. The lowest BCUT2D eigenvalue weighted by Gasteiger charge is -2.21. The molecule has 0 aromatic rings. The SMILES string of the molecule is O=C(O)CN(CCOC(F)(F)F)CC(F)(F)F. The van der Waals surface area contributed by atoms with Crippen molar-refractivity contribution in [2.75, 3.05) is 26.2 Å². The molecule has 0 unspecified atom stereocenters. The third-order valence-electron chi connectivity index (χ3n) is 1.43. The van der Waals surface area contributed by atoms with Crippen LogP contribution in [-0.2, 0) is 9.53 Å². The van der Waals surface area contributed by atoms with Crippen LogP contribution in [0.3, 0.4) is 0 Å². The molecule has 0 atom stereocenters. The van der Waals surface area contributed by atoms with Gasteiger partial charge in [0.2, 0.25) is 0 Å². The van der Waals surface area contributed by atoms with Gasteiger partial charge in [-0.25, -0.2) is 0 Å². The van der Waals surface area contributed by atoms with Crippen molar-refractivity contribution in [2.45, 2.75) is 12.5 Å². The zero-order chi connectivity index (χ0) is 13.7. The van der Waals surface area contributed by atoms with E-state index in [-0.39, 0.29) is 0 Å². The predicted octanol–water partition coefficient (Wildman–Crippen LogP) is 1.47. The maximum Gasteiger partial charge on any atom is 0.522 e. The third kappa shape index (κ3) is 11.2. The third-order valence-corrected chi connectivity index (χ3v) is 1.43. The minimum atomic E-state index is -4.95. The van der Waals surface area contributed by atoms with Crippen molar-refractivity contribution in [3.8, 4) is 0 Å². The lowest BCUT2D eigenvalue weighted by atomic mass is 10.4. The molecule has 1 N–H and O–H groups in total. The van der Waals surface area contributed by atoms with E-state index in [4.69, 9.17) is 5.11 Å². The summed E-state index contributed by atoms with van der Waals surface area (Å²) in [5.74, 6) is -1.57. The Hall–Kier alpha value is -1.03. The van der Waals surface area contributed by atoms with Crippen molar-refractivity contribution in [1.82, 2.24) is 4.90 Å². The van der Waals surface area contributed by atoms with Gasteiger partial charge in [-0.3, -0.25) is 14.4 Å². The number of nitrogens with zero attached hydrogens (tertiary/aromatic N) is 1. The Balaban J connectivity index is 4.16. The number of ether oxygens (including phenoxy) is 1. The van der Waals surface area contributed by atoms with Crippen LogP contribution in [0.5, 0.6) is 0 Å². The fraction of sp³-hybridized carbons (Fsp3) is 0.857. The molecule has 0 saturated carbocycles. The number of carboxylic acid groups (broad SMARTS) is 1. The fourth-order valence-electron chi connectivity index (χ4n) is 0.949. The monoisotopic (exact) mass is 269 g/mol. The number of carbonyl (C=O) groups is 1. The fourth-order valence-corrected chi connectivity index (χ4v) is 0.949. The summed E-state index contributed by atoms with van der Waals surface area (Å²) in [6, 6.07) is 0. The van der Waals surface area contributed by atoms with E-state index in [1.807, 2.05) is 0 Å². The zero-order valence-electron chi connectivity index (χ0n) is 8.31. The highest BCUT2D eigenvalue weighted by atomic mass is 19.4. The van der Waals surface area contributed by atoms with Crippen molar-refractivity contribution in [1.29, 1.82) is 0 Å². The van der Waals surface area contributed by atoms with Crippen molar-refractivity contribution in [3.63, 3.8) is 0 Å². The smallest absolute Gasteiger partial charge is 0.480 e. The maximum atomic E-state index is 11.9. The summed E-state index contributed by atoms with van der Waals surface area (Å²) in [6.07, 6.45) is -9.64. The van der Waals surface area contributed by atoms with Crippen LogP contribution in [0.4, 0.5) is 26.3 Å². The highest BCUT2D eigenvalue weighted by Gasteiger charge is 2.33. The van der Waals surface area contributed by atoms with Crippen molar-refractivity contribution >= 4 is 5.97 Å². The van der Waals surface area contributed by atoms with Crippen LogP contribution >= 0.6 is 0 Å². The predicted molar refractivity (Wildman–Crippen MR) is 42.1 cm³/mol. The van der Waals surface area contributed by atoms with Crippen LogP contribution in [0.2, 0.25) is 0 Å². The summed E-state index contributed by atoms with van der Waals surface area (Å²) in [5.41, 5.74) is 0. The quantitative estimate of drug-likeness (QED) is 0.742. The standard InChI is InChI=1S/C7H9F6NO3/c8-6(9,10)4-14(3-5(15)16)1-2-17-7(11,12)13/h1-4H2,(H,15,16). The van der Waals surface area contributed by atoms with Crippen LogP contribution in [0.15, 0.2) is 0 Å². The molecular weight excluding hydrogens is 260 g/mol. The van der Waals surface area contributed by atoms with Gasteiger partial charge in [0.05, 0.1) is 19.7 Å². The van der Waals surface area contributed by atoms with Gasteiger partial charge in [-0.2, -0.15) is 13.2 Å². The van der Waals surface area contributed by atoms with E-state index in [9.17, 15) is 31.1 Å². The Bertz CT molecular complexity index is 251. The molecule has 4 nitrogen and oxygen atoms in total. The molecule has 0 aromatic heterocycles. The Kier molecular flexibility index (Phi) is 5.69. The summed E-state index contributed by atoms with van der Waals surface area (Å²) in [7, 11) is 0. The first-order valence-electron chi connectivity index (χ1n) is 4.21. The number of halogens is 6. The molecule has 0 heterocycles. The summed E-state index contributed by atoms with van der Waals surface area (Å²) in [4.78, 5) is 10.5. The van der Waals surface area contributed by atoms with Crippen molar-refractivity contribution < 1.29 is 41.0 Å². The lowest BCUT2D eigenvalue weighted by molar-refractivity contribution is -0.325. The van der Waals surface area contributed by atoms with E-state index in [1.165, 1.54) is 0 Å². The molecule has 0 aliphatic carbocycles. The average Bonchev–Trinajstić information content (AvgIpc) is 1.95. The van der Waals surface area contributed by atoms with Gasteiger partial charge in [-0.15, -0.1) is 13.2 Å². The van der Waals surface area contributed by atoms with E-state index in [2.05, 4.69) is 4.74 Å². The van der Waals surface area contributed by atoms with E-state index in [0.29, 0.717) is 4.90 Å². The van der Waals surface area contributed by atoms with Gasteiger partial charge in [-0.05, 0) is 0 Å². The second kappa shape index (κ2) is 6.05. The van der Waals surface area contributed by atoms with Crippen LogP contribution in [-0.4, -0.2) is 54.8 Å². The number of hydrogen-bond acceptors (Lipinski definition) is 3. The molecule has 17 heavy (non-hydrogen) atoms. The van der Waals surface area contributed by atoms with Gasteiger partial charge < -0.3 is 5.11 Å². The summed E-state index contributed by atoms with van der Waals surface area (Å²) >= 11 is 0. The Morgan fingerprint density at radius 3 is 2.06 bits per heavy atom. The normalized spacial score (nSPS) is 13.1. The van der Waals surface area contributed by atoms with E-state index in [0.717, 1.165) is 0 Å². The molecule has 0 aliphatic rings. The highest BCUT2D eigenvalue weighted by molar-refractivity contribution is 5.69. The first kappa shape index (κ1) is 16.0. The van der Waals surface area contributed by atoms with E-state index >= 15 is 0 Å². The number of hydrogen-bond donors (Lipinski definition) is 1. The Labute approximate surface area is 91.8 Å². The second-order valence-electron chi connectivity index (χ2n) is 3.01. The summed E-state index contributed by atoms with van der Waals surface area (Å²) in [5, 5.41) is 8.27. The maximum absolute atomic E-state index is 11.9. The molecule has 0 bridgehead atoms. The molecule has 102 valence electrons. The summed E-state index contributed by atoms with van der Waals surface area (Å²) in [6.45, 7) is -4.47. The number of carboxylic acids is 1. The van der Waals surface area contributed by atoms with Gasteiger partial charge in [0, 0.05) is 6.54 Å². The van der Waals surface area contributed by atoms with Crippen molar-refractivity contribution in [3.05, 3.63) is 0 Å². The van der Waals surface area contributed by atoms with Crippen LogP contribution in [0, 0.1) is 0 Å². The first-order chi connectivity index (χ1) is 7.49. The van der Waals surface area contributed by atoms with E-state index < -0.39 is 44.7 Å². The second-order valence-corrected chi connectivity index (χ2v) is 3.01. The lowest BCUT2D eigenvalue weighted by Crippen LogP contribution is -2.40. The molecule has 0 fully saturated rings. The van der Waals surface area contributed by atoms with Gasteiger partial charge >= 0.3 is 18.5 Å². The average molecular weight is 269 g/mol. The van der Waals surface area contributed by atoms with Crippen molar-refractivity contribution in [2.24, 2.45) is 0 Å². The van der Waals surface area contributed by atoms with Gasteiger partial charge in [-0.1, -0.05) is 0 Å². The molecular formula is C7H9F6NO3. The van der Waals surface area contributed by atoms with Gasteiger partial charge in [0.15, 0.2) is 0 Å². The molecule has 0 amide bonds. The van der Waals surface area contributed by atoms with Crippen LogP contribution < -0.4 is 0 Å². The largest absolute Gasteiger partial charge is 0.522 e. The topological polar surface area (TPSA) is 49.8 Å². The molecule has 0 radical (unpaired) electrons. The number of alkyl halides is 6. The molecule has 10 heteroatoms. The first-order valence-corrected chi connectivity index (χ1v) is 4.21. The molecule has 0 aliphatic heterocycles. The summed E-state index contributed by atoms with van der Waals surface area (Å²) < 4.78 is 73.6. The minimum absolute atomic E-state index is 0.300. The Morgan fingerprint density at radius 1 is 1.18 bits per heavy atom. The molecule has 0 rings (SSSR count). The molecule has 0 spiro atoms. The van der Waals surface area contributed by atoms with Gasteiger partial charge in [0.1, 0.15) is 0 Å². The Morgan fingerprint density at radius 2 is 1.71 bits per heavy atom. The number of rotatable bonds is 6.